The first-order valence-electron chi connectivity index (χ1n) is 16.1. The molecule has 1 aliphatic heterocycles. The second-order valence-electron chi connectivity index (χ2n) is 10.9. The van der Waals surface area contributed by atoms with Crippen LogP contribution in [0.4, 0.5) is 22.0 Å². The minimum atomic E-state index is -2.36. The van der Waals surface area contributed by atoms with E-state index < -0.39 is 77.9 Å². The summed E-state index contributed by atoms with van der Waals surface area (Å²) in [5.41, 5.74) is 0.634. The molecule has 0 saturated carbocycles. The number of carbonyl (C=O) groups excluding carboxylic acids is 1. The number of aliphatic hydroxyl groups is 3. The van der Waals surface area contributed by atoms with Crippen LogP contribution in [0.15, 0.2) is 10.1 Å². The van der Waals surface area contributed by atoms with Gasteiger partial charge < -0.3 is 59.1 Å². The number of nitrogens with two attached hydrogens (primary N) is 1. The molecule has 0 aromatic heterocycles. The van der Waals surface area contributed by atoms with E-state index in [2.05, 4.69) is 14.8 Å². The average molecular weight is 748 g/mol. The van der Waals surface area contributed by atoms with Gasteiger partial charge in [0.25, 0.3) is 0 Å². The van der Waals surface area contributed by atoms with E-state index in [1.807, 2.05) is 0 Å². The number of hydrazone groups is 1. The van der Waals surface area contributed by atoms with Crippen LogP contribution in [-0.2, 0) is 38.0 Å². The maximum Gasteiger partial charge on any atom is 0.313 e. The number of aliphatic hydroxyl groups excluding tert-OH is 3. The van der Waals surface area contributed by atoms with Crippen molar-refractivity contribution < 1.29 is 80.0 Å². The highest BCUT2D eigenvalue weighted by atomic mass is 19.2. The quantitative estimate of drug-likeness (QED) is 0.0121. The molecular weight excluding hydrogens is 701 g/mol. The van der Waals surface area contributed by atoms with Gasteiger partial charge in [-0.3, -0.25) is 9.79 Å². The summed E-state index contributed by atoms with van der Waals surface area (Å²) in [6.45, 7) is 2.35. The van der Waals surface area contributed by atoms with Gasteiger partial charge in [0.15, 0.2) is 6.29 Å². The normalized spacial score (nSPS) is 21.1. The van der Waals surface area contributed by atoms with Crippen LogP contribution in [0.25, 0.3) is 0 Å². The van der Waals surface area contributed by atoms with Gasteiger partial charge in [-0.25, -0.2) is 13.2 Å². The van der Waals surface area contributed by atoms with Crippen molar-refractivity contribution in [2.24, 2.45) is 15.9 Å². The van der Waals surface area contributed by atoms with Gasteiger partial charge in [0, 0.05) is 19.9 Å². The highest BCUT2D eigenvalue weighted by Gasteiger charge is 2.43. The van der Waals surface area contributed by atoms with Crippen LogP contribution in [0, 0.1) is 29.1 Å². The Bertz CT molecular complexity index is 1200. The molecule has 20 heteroatoms. The van der Waals surface area contributed by atoms with Crippen molar-refractivity contribution in [3.8, 4) is 5.75 Å². The van der Waals surface area contributed by atoms with Crippen LogP contribution in [0.5, 0.6) is 5.75 Å². The summed E-state index contributed by atoms with van der Waals surface area (Å²) < 4.78 is 108. The van der Waals surface area contributed by atoms with Crippen molar-refractivity contribution in [2.75, 3.05) is 79.7 Å². The van der Waals surface area contributed by atoms with E-state index >= 15 is 0 Å². The molecule has 1 heterocycles. The monoisotopic (exact) mass is 747 g/mol. The molecule has 292 valence electrons. The number of halogens is 5. The SMILES string of the molecule is CO[C@H]1OC(COCCCCC/C(C=NCCOCCOCCOCCOCCC(=O)Oc2c(F)c(F)c(F)c(F)c2F)=N/N)[C@@H](O)C(O)C1O. The summed E-state index contributed by atoms with van der Waals surface area (Å²) in [4.78, 5) is 15.9. The lowest BCUT2D eigenvalue weighted by Gasteiger charge is -2.39. The first-order chi connectivity index (χ1) is 24.5. The van der Waals surface area contributed by atoms with E-state index in [0.29, 0.717) is 45.1 Å². The molecule has 1 fully saturated rings. The van der Waals surface area contributed by atoms with Gasteiger partial charge in [0.05, 0.1) is 78.1 Å². The topological polar surface area (TPSA) is 202 Å². The van der Waals surface area contributed by atoms with Crippen molar-refractivity contribution in [1.29, 1.82) is 0 Å². The van der Waals surface area contributed by atoms with Gasteiger partial charge in [-0.05, 0) is 19.3 Å². The van der Waals surface area contributed by atoms with Gasteiger partial charge in [0.2, 0.25) is 34.8 Å². The molecule has 3 unspecified atom stereocenters. The smallest absolute Gasteiger partial charge is 0.313 e. The molecule has 1 aliphatic rings. The number of unbranched alkanes of at least 4 members (excludes halogenated alkanes) is 2. The van der Waals surface area contributed by atoms with Gasteiger partial charge in [-0.15, -0.1) is 0 Å². The number of esters is 1. The minimum absolute atomic E-state index is 0.0394. The lowest BCUT2D eigenvalue weighted by atomic mass is 9.99. The Morgan fingerprint density at radius 2 is 1.29 bits per heavy atom. The van der Waals surface area contributed by atoms with Crippen molar-refractivity contribution in [2.45, 2.75) is 62.8 Å². The molecule has 51 heavy (non-hydrogen) atoms. The molecule has 2 rings (SSSR count). The van der Waals surface area contributed by atoms with E-state index in [-0.39, 0.29) is 39.6 Å². The number of carbonyl (C=O) groups is 1. The molecule has 5 N–H and O–H groups in total. The predicted molar refractivity (Wildman–Crippen MR) is 168 cm³/mol. The summed E-state index contributed by atoms with van der Waals surface area (Å²) >= 11 is 0. The Morgan fingerprint density at radius 3 is 1.88 bits per heavy atom. The highest BCUT2D eigenvalue weighted by Crippen LogP contribution is 2.29. The van der Waals surface area contributed by atoms with Crippen molar-refractivity contribution in [1.82, 2.24) is 0 Å². The molecule has 0 bridgehead atoms. The molecular formula is C31H46F5N3O12. The zero-order chi connectivity index (χ0) is 37.6. The summed E-state index contributed by atoms with van der Waals surface area (Å²) in [7, 11) is 1.33. The Balaban J connectivity index is 1.38. The number of hydrogen-bond donors (Lipinski definition) is 4. The number of hydrogen-bond acceptors (Lipinski definition) is 15. The van der Waals surface area contributed by atoms with Crippen LogP contribution in [0.1, 0.15) is 32.1 Å². The number of benzene rings is 1. The second-order valence-corrected chi connectivity index (χ2v) is 10.9. The van der Waals surface area contributed by atoms with Crippen LogP contribution in [-0.4, -0.2) is 144 Å². The standard InChI is InChI=1S/C31H46F5N3O12/c1-44-31-29(43)28(42)27(41)20(50-31)18-49-8-4-2-3-5-19(39-37)17-38-7-10-46-12-14-48-16-15-47-13-11-45-9-6-21(40)51-30-25(35)23(33)22(32)24(34)26(30)36/h17,20,27-29,31,41-43H,2-16,18,37H2,1H3/b38-17?,39-19-/t20?,27-,28?,29?,31+/m1/s1. The predicted octanol–water partition coefficient (Wildman–Crippen LogP) is 1.16. The number of rotatable bonds is 26. The van der Waals surface area contributed by atoms with E-state index in [1.54, 1.807) is 6.21 Å². The zero-order valence-electron chi connectivity index (χ0n) is 28.2. The fourth-order valence-corrected chi connectivity index (χ4v) is 4.34. The molecule has 0 radical (unpaired) electrons. The first kappa shape index (κ1) is 44.2. The Hall–Kier alpha value is -2.92. The number of nitrogens with zero attached hydrogens (tertiary/aromatic N) is 2. The van der Waals surface area contributed by atoms with E-state index in [1.165, 1.54) is 7.11 Å². The number of methoxy groups -OCH3 is 1. The van der Waals surface area contributed by atoms with Gasteiger partial charge >= 0.3 is 5.97 Å². The van der Waals surface area contributed by atoms with Crippen molar-refractivity contribution in [3.05, 3.63) is 29.1 Å². The third-order valence-corrected chi connectivity index (χ3v) is 7.13. The molecule has 15 nitrogen and oxygen atoms in total. The largest absolute Gasteiger partial charge is 0.420 e. The van der Waals surface area contributed by atoms with E-state index in [9.17, 15) is 42.1 Å². The number of aliphatic imine (C=N–C) groups is 1. The minimum Gasteiger partial charge on any atom is -0.420 e. The summed E-state index contributed by atoms with van der Waals surface area (Å²) in [5.74, 6) is -8.77. The maximum atomic E-state index is 13.6. The lowest BCUT2D eigenvalue weighted by molar-refractivity contribution is -0.296. The van der Waals surface area contributed by atoms with Gasteiger partial charge in [0.1, 0.15) is 24.4 Å². The first-order valence-corrected chi connectivity index (χ1v) is 16.1. The average Bonchev–Trinajstić information content (AvgIpc) is 3.13. The lowest BCUT2D eigenvalue weighted by Crippen LogP contribution is -2.59. The molecule has 0 aliphatic carbocycles. The maximum absolute atomic E-state index is 13.6. The molecule has 0 amide bonds. The summed E-state index contributed by atoms with van der Waals surface area (Å²) in [5, 5.41) is 33.5. The highest BCUT2D eigenvalue weighted by molar-refractivity contribution is 6.30. The number of ether oxygens (including phenoxy) is 8. The van der Waals surface area contributed by atoms with Crippen molar-refractivity contribution >= 4 is 17.9 Å². The molecule has 1 aromatic rings. The summed E-state index contributed by atoms with van der Waals surface area (Å²) in [6, 6.07) is 0. The van der Waals surface area contributed by atoms with Gasteiger partial charge in [-0.2, -0.15) is 13.9 Å². The molecule has 1 aromatic carbocycles. The fourth-order valence-electron chi connectivity index (χ4n) is 4.34. The van der Waals surface area contributed by atoms with Crippen LogP contribution in [0.3, 0.4) is 0 Å². The molecule has 0 spiro atoms. The van der Waals surface area contributed by atoms with Gasteiger partial charge in [-0.1, -0.05) is 6.42 Å². The second kappa shape index (κ2) is 25.1. The van der Waals surface area contributed by atoms with Crippen LogP contribution in [0.2, 0.25) is 0 Å². The third kappa shape index (κ3) is 15.7. The zero-order valence-corrected chi connectivity index (χ0v) is 28.2. The fraction of sp³-hybridized carbons (Fsp3) is 0.710. The third-order valence-electron chi connectivity index (χ3n) is 7.13. The Morgan fingerprint density at radius 1 is 0.725 bits per heavy atom. The Kier molecular flexibility index (Phi) is 21.8. The van der Waals surface area contributed by atoms with Crippen molar-refractivity contribution in [3.63, 3.8) is 0 Å². The molecule has 1 saturated heterocycles. The van der Waals surface area contributed by atoms with Crippen LogP contribution >= 0.6 is 0 Å². The Labute approximate surface area is 291 Å². The molecule has 5 atom stereocenters. The van der Waals surface area contributed by atoms with E-state index in [0.717, 1.165) is 19.3 Å². The summed E-state index contributed by atoms with van der Waals surface area (Å²) in [6.07, 6.45) is -1.82. The van der Waals surface area contributed by atoms with Crippen LogP contribution < -0.4 is 10.6 Å². The van der Waals surface area contributed by atoms with E-state index in [4.69, 9.17) is 39.0 Å².